The van der Waals surface area contributed by atoms with E-state index in [0.717, 1.165) is 24.1 Å². The molecule has 0 aliphatic carbocycles. The first-order valence-electron chi connectivity index (χ1n) is 12.5. The number of aromatic nitrogens is 1. The number of esters is 1. The number of benzene rings is 1. The quantitative estimate of drug-likeness (QED) is 0.536. The Morgan fingerprint density at radius 2 is 2.03 bits per heavy atom. The summed E-state index contributed by atoms with van der Waals surface area (Å²) < 4.78 is 16.4. The summed E-state index contributed by atoms with van der Waals surface area (Å²) in [5.41, 5.74) is 1.74. The van der Waals surface area contributed by atoms with Gasteiger partial charge < -0.3 is 28.6 Å². The lowest BCUT2D eigenvalue weighted by Crippen LogP contribution is -2.48. The maximum Gasteiger partial charge on any atom is 0.310 e. The first-order chi connectivity index (χ1) is 17.4. The zero-order valence-corrected chi connectivity index (χ0v) is 21.2. The molecule has 2 fully saturated rings. The van der Waals surface area contributed by atoms with Gasteiger partial charge >= 0.3 is 5.97 Å². The second-order valence-electron chi connectivity index (χ2n) is 9.11. The van der Waals surface area contributed by atoms with Gasteiger partial charge in [0.15, 0.2) is 11.7 Å². The Kier molecular flexibility index (Phi) is 8.12. The number of aryl methyl sites for hydroxylation is 1. The molecule has 2 aromatic rings. The van der Waals surface area contributed by atoms with E-state index in [0.29, 0.717) is 63.2 Å². The number of likely N-dealkylation sites (tertiary alicyclic amines) is 1. The van der Waals surface area contributed by atoms with Crippen LogP contribution in [0.25, 0.3) is 11.3 Å². The smallest absolute Gasteiger partial charge is 0.310 e. The van der Waals surface area contributed by atoms with Gasteiger partial charge in [-0.1, -0.05) is 0 Å². The summed E-state index contributed by atoms with van der Waals surface area (Å²) in [6, 6.07) is 5.84. The first-order valence-corrected chi connectivity index (χ1v) is 12.5. The van der Waals surface area contributed by atoms with Crippen LogP contribution in [0.4, 0.5) is 5.69 Å². The number of nitrogens with zero attached hydrogens (tertiary/aromatic N) is 4. The Morgan fingerprint density at radius 1 is 1.19 bits per heavy atom. The van der Waals surface area contributed by atoms with Crippen LogP contribution in [0, 0.1) is 12.8 Å². The molecule has 0 radical (unpaired) electrons. The van der Waals surface area contributed by atoms with Crippen molar-refractivity contribution in [1.82, 2.24) is 14.8 Å². The number of carbonyl (C=O) groups excluding carboxylic acids is 3. The number of hydrogen-bond donors (Lipinski definition) is 0. The zero-order valence-electron chi connectivity index (χ0n) is 21.2. The minimum Gasteiger partial charge on any atom is -0.496 e. The van der Waals surface area contributed by atoms with Crippen molar-refractivity contribution in [3.05, 3.63) is 30.3 Å². The van der Waals surface area contributed by atoms with E-state index in [1.165, 1.54) is 0 Å². The van der Waals surface area contributed by atoms with E-state index in [-0.39, 0.29) is 30.2 Å². The number of rotatable bonds is 7. The Bertz CT molecular complexity index is 1100. The van der Waals surface area contributed by atoms with Gasteiger partial charge in [0.2, 0.25) is 11.8 Å². The fourth-order valence-corrected chi connectivity index (χ4v) is 4.78. The van der Waals surface area contributed by atoms with Crippen molar-refractivity contribution >= 4 is 23.5 Å². The summed E-state index contributed by atoms with van der Waals surface area (Å²) in [7, 11) is 1.61. The van der Waals surface area contributed by atoms with E-state index < -0.39 is 0 Å². The van der Waals surface area contributed by atoms with Crippen molar-refractivity contribution in [2.45, 2.75) is 33.1 Å². The van der Waals surface area contributed by atoms with Crippen molar-refractivity contribution in [3.8, 4) is 17.1 Å². The van der Waals surface area contributed by atoms with Crippen molar-refractivity contribution in [2.75, 3.05) is 57.9 Å². The molecule has 36 heavy (non-hydrogen) atoms. The molecule has 194 valence electrons. The molecule has 1 aromatic heterocycles. The lowest BCUT2D eigenvalue weighted by molar-refractivity contribution is -0.152. The summed E-state index contributed by atoms with van der Waals surface area (Å²) >= 11 is 0. The third-order valence-corrected chi connectivity index (χ3v) is 6.75. The largest absolute Gasteiger partial charge is 0.496 e. The van der Waals surface area contributed by atoms with Crippen LogP contribution in [-0.4, -0.2) is 85.6 Å². The minimum absolute atomic E-state index is 0.0231. The molecule has 2 saturated heterocycles. The maximum atomic E-state index is 13.0. The number of ether oxygens (including phenoxy) is 2. The zero-order chi connectivity index (χ0) is 25.7. The third kappa shape index (κ3) is 5.80. The van der Waals surface area contributed by atoms with Crippen LogP contribution in [0.2, 0.25) is 0 Å². The standard InChI is InChI=1S/C26H34N4O6/c1-4-35-26(33)19-6-5-10-29(16-19)25(32)17-30-13-12-28(11-9-24(30)31)20-7-8-21(22(14-20)34-3)23-15-27-18(2)36-23/h7-8,14-15,19H,4-6,9-13,16-17H2,1-3H3. The molecule has 1 atom stereocenters. The van der Waals surface area contributed by atoms with Crippen molar-refractivity contribution in [1.29, 1.82) is 0 Å². The highest BCUT2D eigenvalue weighted by Crippen LogP contribution is 2.34. The molecule has 0 saturated carbocycles. The molecule has 0 spiro atoms. The normalized spacial score (nSPS) is 18.7. The minimum atomic E-state index is -0.295. The molecule has 10 nitrogen and oxygen atoms in total. The lowest BCUT2D eigenvalue weighted by atomic mass is 9.98. The van der Waals surface area contributed by atoms with E-state index in [2.05, 4.69) is 9.88 Å². The van der Waals surface area contributed by atoms with Gasteiger partial charge in [-0.2, -0.15) is 0 Å². The summed E-state index contributed by atoms with van der Waals surface area (Å²) in [5.74, 6) is 1.15. The van der Waals surface area contributed by atoms with E-state index >= 15 is 0 Å². The molecule has 1 aromatic carbocycles. The fourth-order valence-electron chi connectivity index (χ4n) is 4.78. The number of methoxy groups -OCH3 is 1. The van der Waals surface area contributed by atoms with Gasteiger partial charge in [0, 0.05) is 57.8 Å². The molecule has 2 aliphatic rings. The molecule has 0 N–H and O–H groups in total. The Labute approximate surface area is 211 Å². The number of hydrogen-bond acceptors (Lipinski definition) is 8. The topological polar surface area (TPSA) is 105 Å². The number of amides is 2. The second kappa shape index (κ2) is 11.5. The van der Waals surface area contributed by atoms with Gasteiger partial charge in [-0.05, 0) is 31.9 Å². The summed E-state index contributed by atoms with van der Waals surface area (Å²) in [4.78, 5) is 47.6. The van der Waals surface area contributed by atoms with Crippen molar-refractivity contribution < 1.29 is 28.3 Å². The molecular formula is C26H34N4O6. The number of piperidine rings is 1. The van der Waals surface area contributed by atoms with Crippen LogP contribution in [0.3, 0.4) is 0 Å². The van der Waals surface area contributed by atoms with Crippen LogP contribution in [-0.2, 0) is 19.1 Å². The van der Waals surface area contributed by atoms with Crippen LogP contribution in [0.15, 0.2) is 28.8 Å². The van der Waals surface area contributed by atoms with Gasteiger partial charge in [0.05, 0.1) is 37.9 Å². The third-order valence-electron chi connectivity index (χ3n) is 6.75. The van der Waals surface area contributed by atoms with E-state index in [1.807, 2.05) is 18.2 Å². The molecule has 2 aliphatic heterocycles. The highest BCUT2D eigenvalue weighted by Gasteiger charge is 2.31. The van der Waals surface area contributed by atoms with Gasteiger partial charge in [-0.3, -0.25) is 14.4 Å². The first kappa shape index (κ1) is 25.5. The summed E-state index contributed by atoms with van der Waals surface area (Å²) in [5, 5.41) is 0. The van der Waals surface area contributed by atoms with Crippen LogP contribution in [0.1, 0.15) is 32.1 Å². The van der Waals surface area contributed by atoms with E-state index in [4.69, 9.17) is 13.9 Å². The Hall–Kier alpha value is -3.56. The van der Waals surface area contributed by atoms with E-state index in [9.17, 15) is 14.4 Å². The maximum absolute atomic E-state index is 13.0. The molecule has 4 rings (SSSR count). The predicted octanol–water partition coefficient (Wildman–Crippen LogP) is 2.50. The average Bonchev–Trinajstić information content (AvgIpc) is 3.24. The molecule has 10 heteroatoms. The van der Waals surface area contributed by atoms with Crippen LogP contribution in [0.5, 0.6) is 5.75 Å². The SMILES string of the molecule is CCOC(=O)C1CCCN(C(=O)CN2CCN(c3ccc(-c4cnc(C)o4)c(OC)c3)CCC2=O)C1. The highest BCUT2D eigenvalue weighted by molar-refractivity contribution is 5.86. The van der Waals surface area contributed by atoms with Gasteiger partial charge in [0.25, 0.3) is 0 Å². The van der Waals surface area contributed by atoms with Gasteiger partial charge in [-0.15, -0.1) is 0 Å². The van der Waals surface area contributed by atoms with Gasteiger partial charge in [-0.25, -0.2) is 4.98 Å². The lowest BCUT2D eigenvalue weighted by Gasteiger charge is -2.33. The predicted molar refractivity (Wildman–Crippen MR) is 133 cm³/mol. The van der Waals surface area contributed by atoms with Crippen LogP contribution >= 0.6 is 0 Å². The summed E-state index contributed by atoms with van der Waals surface area (Å²) in [6.07, 6.45) is 3.45. The van der Waals surface area contributed by atoms with E-state index in [1.54, 1.807) is 37.0 Å². The van der Waals surface area contributed by atoms with Gasteiger partial charge in [0.1, 0.15) is 5.75 Å². The fraction of sp³-hybridized carbons (Fsp3) is 0.538. The highest BCUT2D eigenvalue weighted by atomic mass is 16.5. The van der Waals surface area contributed by atoms with Crippen molar-refractivity contribution in [3.63, 3.8) is 0 Å². The number of anilines is 1. The average molecular weight is 499 g/mol. The van der Waals surface area contributed by atoms with Crippen LogP contribution < -0.4 is 9.64 Å². The summed E-state index contributed by atoms with van der Waals surface area (Å²) in [6.45, 7) is 6.44. The monoisotopic (exact) mass is 498 g/mol. The van der Waals surface area contributed by atoms with Crippen molar-refractivity contribution in [2.24, 2.45) is 5.92 Å². The Balaban J connectivity index is 1.39. The number of oxazole rings is 1. The molecule has 3 heterocycles. The molecule has 2 amide bonds. The Morgan fingerprint density at radius 3 is 2.75 bits per heavy atom. The second-order valence-corrected chi connectivity index (χ2v) is 9.11. The molecule has 1 unspecified atom stereocenters. The molecular weight excluding hydrogens is 464 g/mol. The number of carbonyl (C=O) groups is 3. The molecule has 0 bridgehead atoms.